The van der Waals surface area contributed by atoms with Crippen LogP contribution in [-0.2, 0) is 0 Å². The highest BCUT2D eigenvalue weighted by Gasteiger charge is 2.20. The van der Waals surface area contributed by atoms with Crippen molar-refractivity contribution in [3.05, 3.63) is 200 Å². The number of hydrogen-bond acceptors (Lipinski definition) is 6. The van der Waals surface area contributed by atoms with Crippen molar-refractivity contribution in [2.24, 2.45) is 0 Å². The maximum Gasteiger partial charge on any atom is 0.164 e. The number of benzene rings is 6. The van der Waals surface area contributed by atoms with Crippen LogP contribution in [-0.4, -0.2) is 33.7 Å². The van der Waals surface area contributed by atoms with Crippen molar-refractivity contribution in [2.75, 3.05) is 0 Å². The molecule has 6 heterocycles. The summed E-state index contributed by atoms with van der Waals surface area (Å²) in [7, 11) is 0. The zero-order chi connectivity index (χ0) is 40.3. The first-order valence-corrected chi connectivity index (χ1v) is 21.0. The minimum Gasteiger partial charge on any atom is -0.299 e. The number of thiophene rings is 1. The number of fused-ring (bicyclic) bond motifs is 5. The van der Waals surface area contributed by atoms with Gasteiger partial charge in [0.05, 0.1) is 22.8 Å². The summed E-state index contributed by atoms with van der Waals surface area (Å²) >= 11 is 1.78. The van der Waals surface area contributed by atoms with Crippen LogP contribution in [0, 0.1) is 0 Å². The summed E-state index contributed by atoms with van der Waals surface area (Å²) in [5, 5.41) is 2.48. The molecule has 12 rings (SSSR count). The molecule has 7 nitrogen and oxygen atoms in total. The molecule has 0 atom stereocenters. The third-order valence-electron chi connectivity index (χ3n) is 11.2. The summed E-state index contributed by atoms with van der Waals surface area (Å²) in [4.78, 5) is 26.0. The van der Waals surface area contributed by atoms with E-state index in [1.165, 1.54) is 20.2 Å². The molecule has 61 heavy (non-hydrogen) atoms. The molecule has 8 heteroatoms. The number of aromatic nitrogens is 7. The van der Waals surface area contributed by atoms with Crippen LogP contribution in [0.1, 0.15) is 0 Å². The van der Waals surface area contributed by atoms with Gasteiger partial charge in [-0.3, -0.25) is 8.80 Å². The van der Waals surface area contributed by atoms with Crippen molar-refractivity contribution in [1.82, 2.24) is 33.7 Å². The Kier molecular flexibility index (Phi) is 8.21. The van der Waals surface area contributed by atoms with Gasteiger partial charge >= 0.3 is 0 Å². The Bertz CT molecular complexity index is 3430. The quantitative estimate of drug-likeness (QED) is 0.161. The van der Waals surface area contributed by atoms with Gasteiger partial charge in [0, 0.05) is 71.5 Å². The zero-order valence-corrected chi connectivity index (χ0v) is 33.4. The molecule has 0 amide bonds. The summed E-state index contributed by atoms with van der Waals surface area (Å²) in [5.41, 5.74) is 12.4. The molecular formula is C53H33N7S. The first-order chi connectivity index (χ1) is 30.2. The molecule has 0 spiro atoms. The van der Waals surface area contributed by atoms with Gasteiger partial charge < -0.3 is 0 Å². The lowest BCUT2D eigenvalue weighted by atomic mass is 10.0. The number of pyridine rings is 2. The van der Waals surface area contributed by atoms with E-state index >= 15 is 0 Å². The van der Waals surface area contributed by atoms with E-state index in [1.807, 2.05) is 48.5 Å². The van der Waals surface area contributed by atoms with E-state index < -0.39 is 0 Å². The van der Waals surface area contributed by atoms with E-state index in [2.05, 4.69) is 161 Å². The fourth-order valence-corrected chi connectivity index (χ4v) is 9.52. The molecular weight excluding hydrogens is 767 g/mol. The predicted octanol–water partition coefficient (Wildman–Crippen LogP) is 13.2. The number of rotatable bonds is 7. The van der Waals surface area contributed by atoms with Crippen LogP contribution in [0.5, 0.6) is 0 Å². The standard InChI is InChI=1S/C53H33N7S/c1-3-15-34(16-4-1)49-47(54-45-25-9-11-29-59(45)49)36-19-13-21-38(31-36)51-56-52(58-53(57-51)40-27-28-42-41-23-7-8-24-43(41)61-44(42)33-40)39-22-14-20-37(32-39)48-50(35-17-5-2-6-18-35)60-30-12-10-26-46(60)55-48/h1-33H. The second kappa shape index (κ2) is 14.3. The van der Waals surface area contributed by atoms with E-state index in [9.17, 15) is 0 Å². The molecule has 0 saturated carbocycles. The van der Waals surface area contributed by atoms with Gasteiger partial charge in [-0.25, -0.2) is 24.9 Å². The van der Waals surface area contributed by atoms with Gasteiger partial charge in [-0.05, 0) is 48.5 Å². The van der Waals surface area contributed by atoms with Gasteiger partial charge in [-0.1, -0.05) is 140 Å². The Labute approximate surface area is 354 Å². The van der Waals surface area contributed by atoms with E-state index in [-0.39, 0.29) is 0 Å². The van der Waals surface area contributed by atoms with Crippen LogP contribution in [0.25, 0.3) is 111 Å². The van der Waals surface area contributed by atoms with Crippen molar-refractivity contribution in [2.45, 2.75) is 0 Å². The second-order valence-electron chi connectivity index (χ2n) is 15.0. The minimum atomic E-state index is 0.575. The predicted molar refractivity (Wildman–Crippen MR) is 248 cm³/mol. The van der Waals surface area contributed by atoms with Crippen LogP contribution in [0.3, 0.4) is 0 Å². The van der Waals surface area contributed by atoms with Crippen LogP contribution < -0.4 is 0 Å². The monoisotopic (exact) mass is 799 g/mol. The molecule has 286 valence electrons. The van der Waals surface area contributed by atoms with E-state index in [0.29, 0.717) is 17.5 Å². The third kappa shape index (κ3) is 6.08. The summed E-state index contributed by atoms with van der Waals surface area (Å²) < 4.78 is 6.75. The maximum atomic E-state index is 5.24. The highest BCUT2D eigenvalue weighted by Crippen LogP contribution is 2.39. The molecule has 0 bridgehead atoms. The molecule has 0 saturated heterocycles. The van der Waals surface area contributed by atoms with Crippen LogP contribution in [0.4, 0.5) is 0 Å². The first kappa shape index (κ1) is 34.9. The Morgan fingerprint density at radius 3 is 1.31 bits per heavy atom. The van der Waals surface area contributed by atoms with Gasteiger partial charge in [0.25, 0.3) is 0 Å². The normalized spacial score (nSPS) is 11.6. The molecule has 0 aliphatic rings. The van der Waals surface area contributed by atoms with Gasteiger partial charge in [-0.15, -0.1) is 11.3 Å². The number of imidazole rings is 2. The van der Waals surface area contributed by atoms with E-state index in [1.54, 1.807) is 11.3 Å². The first-order valence-electron chi connectivity index (χ1n) is 20.2. The minimum absolute atomic E-state index is 0.575. The average Bonchev–Trinajstić information content (AvgIpc) is 4.04. The molecule has 0 fully saturated rings. The lowest BCUT2D eigenvalue weighted by Gasteiger charge is -2.11. The Balaban J connectivity index is 1.04. The lowest BCUT2D eigenvalue weighted by molar-refractivity contribution is 1.07. The smallest absolute Gasteiger partial charge is 0.164 e. The van der Waals surface area contributed by atoms with Gasteiger partial charge in [0.15, 0.2) is 17.5 Å². The van der Waals surface area contributed by atoms with Crippen molar-refractivity contribution < 1.29 is 0 Å². The van der Waals surface area contributed by atoms with Crippen molar-refractivity contribution in [1.29, 1.82) is 0 Å². The number of nitrogens with zero attached hydrogens (tertiary/aromatic N) is 7. The van der Waals surface area contributed by atoms with Gasteiger partial charge in [0.1, 0.15) is 11.3 Å². The number of hydrogen-bond donors (Lipinski definition) is 0. The van der Waals surface area contributed by atoms with E-state index in [0.717, 1.165) is 73.0 Å². The Morgan fingerprint density at radius 1 is 0.311 bits per heavy atom. The molecule has 0 aliphatic heterocycles. The molecule has 12 aromatic rings. The van der Waals surface area contributed by atoms with E-state index in [4.69, 9.17) is 24.9 Å². The van der Waals surface area contributed by atoms with Crippen LogP contribution in [0.15, 0.2) is 200 Å². The summed E-state index contributed by atoms with van der Waals surface area (Å²) in [6, 6.07) is 64.9. The fourth-order valence-electron chi connectivity index (χ4n) is 8.38. The highest BCUT2D eigenvalue weighted by molar-refractivity contribution is 7.25. The largest absolute Gasteiger partial charge is 0.299 e. The molecule has 0 radical (unpaired) electrons. The zero-order valence-electron chi connectivity index (χ0n) is 32.6. The molecule has 6 aromatic carbocycles. The highest BCUT2D eigenvalue weighted by atomic mass is 32.1. The lowest BCUT2D eigenvalue weighted by Crippen LogP contribution is -2.00. The summed E-state index contributed by atoms with van der Waals surface area (Å²) in [6.45, 7) is 0. The van der Waals surface area contributed by atoms with Crippen molar-refractivity contribution in [3.8, 4) is 79.2 Å². The fraction of sp³-hybridized carbons (Fsp3) is 0. The third-order valence-corrected chi connectivity index (χ3v) is 12.3. The molecule has 0 aliphatic carbocycles. The average molecular weight is 800 g/mol. The summed E-state index contributed by atoms with van der Waals surface area (Å²) in [5.74, 6) is 1.75. The topological polar surface area (TPSA) is 73.3 Å². The van der Waals surface area contributed by atoms with Crippen molar-refractivity contribution in [3.63, 3.8) is 0 Å². The maximum absolute atomic E-state index is 5.24. The Hall–Kier alpha value is -8.07. The van der Waals surface area contributed by atoms with Crippen molar-refractivity contribution >= 4 is 42.8 Å². The summed E-state index contributed by atoms with van der Waals surface area (Å²) in [6.07, 6.45) is 4.14. The van der Waals surface area contributed by atoms with Crippen LogP contribution >= 0.6 is 11.3 Å². The molecule has 0 unspecified atom stereocenters. The van der Waals surface area contributed by atoms with Gasteiger partial charge in [-0.2, -0.15) is 0 Å². The molecule has 6 aromatic heterocycles. The molecule has 0 N–H and O–H groups in total. The Morgan fingerprint density at radius 2 is 0.754 bits per heavy atom. The van der Waals surface area contributed by atoms with Crippen LogP contribution in [0.2, 0.25) is 0 Å². The second-order valence-corrected chi connectivity index (χ2v) is 16.1. The van der Waals surface area contributed by atoms with Gasteiger partial charge in [0.2, 0.25) is 0 Å². The SMILES string of the molecule is c1ccc(-c2c(-c3cccc(-c4nc(-c5cccc(-c6nc7ccccn7c6-c6ccccc6)c5)nc(-c5ccc6c(c5)sc5ccccc56)n4)c3)nc3ccccn23)cc1.